The number of hydrogen-bond acceptors (Lipinski definition) is 2. The molecule has 0 aliphatic heterocycles. The van der Waals surface area contributed by atoms with Crippen LogP contribution in [0.25, 0.3) is 0 Å². The van der Waals surface area contributed by atoms with Crippen molar-refractivity contribution >= 4 is 17.3 Å². The number of aryl methyl sites for hydroxylation is 1. The summed E-state index contributed by atoms with van der Waals surface area (Å²) in [4.78, 5) is 0. The lowest BCUT2D eigenvalue weighted by atomic mass is 9.83. The van der Waals surface area contributed by atoms with Crippen molar-refractivity contribution in [3.8, 4) is 0 Å². The van der Waals surface area contributed by atoms with E-state index < -0.39 is 5.72 Å². The third kappa shape index (κ3) is 4.42. The van der Waals surface area contributed by atoms with Crippen LogP contribution in [0, 0.1) is 0 Å². The Bertz CT molecular complexity index is 697. The third-order valence-electron chi connectivity index (χ3n) is 5.69. The summed E-state index contributed by atoms with van der Waals surface area (Å²) in [6, 6.07) is 16.7. The van der Waals surface area contributed by atoms with E-state index in [1.165, 1.54) is 24.0 Å². The molecular weight excluding hydrogens is 342 g/mol. The number of benzene rings is 2. The molecule has 0 heterocycles. The van der Waals surface area contributed by atoms with Gasteiger partial charge in [-0.05, 0) is 61.3 Å². The number of rotatable bonds is 6. The zero-order valence-corrected chi connectivity index (χ0v) is 16.6. The summed E-state index contributed by atoms with van der Waals surface area (Å²) < 4.78 is 0. The average Bonchev–Trinajstić information content (AvgIpc) is 2.68. The lowest BCUT2D eigenvalue weighted by molar-refractivity contribution is 0.0632. The zero-order chi connectivity index (χ0) is 18.6. The van der Waals surface area contributed by atoms with E-state index in [0.29, 0.717) is 17.7 Å². The first-order valence-electron chi connectivity index (χ1n) is 9.88. The van der Waals surface area contributed by atoms with E-state index >= 15 is 0 Å². The Morgan fingerprint density at radius 2 is 1.73 bits per heavy atom. The van der Waals surface area contributed by atoms with Gasteiger partial charge in [0.15, 0.2) is 5.72 Å². The fourth-order valence-corrected chi connectivity index (χ4v) is 4.26. The third-order valence-corrected chi connectivity index (χ3v) is 6.09. The first-order valence-corrected chi connectivity index (χ1v) is 10.3. The molecule has 0 amide bonds. The van der Waals surface area contributed by atoms with Crippen LogP contribution in [-0.2, 0) is 12.1 Å². The lowest BCUT2D eigenvalue weighted by Crippen LogP contribution is -2.34. The van der Waals surface area contributed by atoms with E-state index in [1.54, 1.807) is 0 Å². The van der Waals surface area contributed by atoms with E-state index in [1.807, 2.05) is 19.1 Å². The van der Waals surface area contributed by atoms with Gasteiger partial charge in [-0.15, -0.1) is 11.6 Å². The Balaban J connectivity index is 1.75. The smallest absolute Gasteiger partial charge is 0.161 e. The second-order valence-electron chi connectivity index (χ2n) is 7.47. The van der Waals surface area contributed by atoms with Gasteiger partial charge in [0.2, 0.25) is 0 Å². The first kappa shape index (κ1) is 19.3. The van der Waals surface area contributed by atoms with Crippen LogP contribution in [0.3, 0.4) is 0 Å². The van der Waals surface area contributed by atoms with Crippen molar-refractivity contribution in [1.29, 1.82) is 0 Å². The zero-order valence-electron chi connectivity index (χ0n) is 15.8. The topological polar surface area (TPSA) is 32.3 Å². The predicted octanol–water partition coefficient (Wildman–Crippen LogP) is 6.18. The molecule has 1 aliphatic carbocycles. The summed E-state index contributed by atoms with van der Waals surface area (Å²) in [6.45, 7) is 4.14. The minimum atomic E-state index is -1.06. The van der Waals surface area contributed by atoms with Gasteiger partial charge in [-0.3, -0.25) is 0 Å². The van der Waals surface area contributed by atoms with E-state index in [9.17, 15) is 5.11 Å². The van der Waals surface area contributed by atoms with Crippen molar-refractivity contribution in [3.05, 3.63) is 65.2 Å². The summed E-state index contributed by atoms with van der Waals surface area (Å²) in [5.74, 6) is 0.546. The van der Waals surface area contributed by atoms with Crippen LogP contribution in [0.2, 0.25) is 0 Å². The van der Waals surface area contributed by atoms with Gasteiger partial charge < -0.3 is 10.4 Å². The number of alkyl halides is 1. The summed E-state index contributed by atoms with van der Waals surface area (Å²) in [7, 11) is 0. The van der Waals surface area contributed by atoms with Gasteiger partial charge in [0.1, 0.15) is 0 Å². The maximum atomic E-state index is 11.2. The van der Waals surface area contributed by atoms with Crippen molar-refractivity contribution in [3.63, 3.8) is 0 Å². The molecule has 0 spiro atoms. The quantitative estimate of drug-likeness (QED) is 0.469. The molecule has 2 aromatic rings. The van der Waals surface area contributed by atoms with Crippen LogP contribution >= 0.6 is 11.6 Å². The predicted molar refractivity (Wildman–Crippen MR) is 111 cm³/mol. The van der Waals surface area contributed by atoms with Crippen LogP contribution in [0.1, 0.15) is 68.6 Å². The Hall–Kier alpha value is -1.51. The highest BCUT2D eigenvalue weighted by molar-refractivity contribution is 6.20. The van der Waals surface area contributed by atoms with E-state index in [0.717, 1.165) is 30.5 Å². The molecule has 0 saturated heterocycles. The molecule has 2 nitrogen and oxygen atoms in total. The molecular formula is C23H30ClNO. The number of aliphatic hydroxyl groups is 1. The highest BCUT2D eigenvalue weighted by Crippen LogP contribution is 2.36. The number of hydrogen-bond donors (Lipinski definition) is 2. The number of halogens is 1. The maximum absolute atomic E-state index is 11.2. The van der Waals surface area contributed by atoms with Gasteiger partial charge in [-0.1, -0.05) is 56.7 Å². The van der Waals surface area contributed by atoms with Crippen molar-refractivity contribution < 1.29 is 5.11 Å². The molecule has 3 unspecified atom stereocenters. The van der Waals surface area contributed by atoms with E-state index in [-0.39, 0.29) is 0 Å². The normalized spacial score (nSPS) is 22.6. The minimum Gasteiger partial charge on any atom is -0.367 e. The van der Waals surface area contributed by atoms with Crippen LogP contribution < -0.4 is 5.32 Å². The first-order chi connectivity index (χ1) is 12.5. The number of nitrogens with one attached hydrogen (secondary N) is 1. The molecule has 3 heteroatoms. The fourth-order valence-electron chi connectivity index (χ4n) is 3.89. The van der Waals surface area contributed by atoms with Crippen LogP contribution in [-0.4, -0.2) is 10.5 Å². The van der Waals surface area contributed by atoms with Gasteiger partial charge >= 0.3 is 0 Å². The Labute approximate surface area is 162 Å². The monoisotopic (exact) mass is 371 g/mol. The van der Waals surface area contributed by atoms with Gasteiger partial charge in [0.25, 0.3) is 0 Å². The molecule has 3 rings (SSSR count). The SMILES string of the molecule is CCc1ccc(NC(O)(CC)c2ccc(C3CCCC(Cl)C3)cc2)cc1. The second kappa shape index (κ2) is 8.45. The minimum absolute atomic E-state index is 0.300. The van der Waals surface area contributed by atoms with Crippen LogP contribution in [0.4, 0.5) is 5.69 Å². The molecule has 2 N–H and O–H groups in total. The maximum Gasteiger partial charge on any atom is 0.161 e. The summed E-state index contributed by atoms with van der Waals surface area (Å²) in [5, 5.41) is 14.8. The molecule has 0 bridgehead atoms. The van der Waals surface area contributed by atoms with Crippen molar-refractivity contribution in [2.45, 2.75) is 69.4 Å². The van der Waals surface area contributed by atoms with Crippen LogP contribution in [0.5, 0.6) is 0 Å². The molecule has 1 saturated carbocycles. The highest BCUT2D eigenvalue weighted by atomic mass is 35.5. The van der Waals surface area contributed by atoms with Gasteiger partial charge in [0, 0.05) is 16.6 Å². The largest absolute Gasteiger partial charge is 0.367 e. The lowest BCUT2D eigenvalue weighted by Gasteiger charge is -2.31. The van der Waals surface area contributed by atoms with Gasteiger partial charge in [-0.2, -0.15) is 0 Å². The second-order valence-corrected chi connectivity index (χ2v) is 8.09. The molecule has 0 aromatic heterocycles. The molecule has 140 valence electrons. The molecule has 1 aliphatic rings. The number of anilines is 1. The summed E-state index contributed by atoms with van der Waals surface area (Å²) >= 11 is 6.35. The van der Waals surface area contributed by atoms with Gasteiger partial charge in [-0.25, -0.2) is 0 Å². The summed E-state index contributed by atoms with van der Waals surface area (Å²) in [5.41, 5.74) is 3.41. The fraction of sp³-hybridized carbons (Fsp3) is 0.478. The molecule has 26 heavy (non-hydrogen) atoms. The van der Waals surface area contributed by atoms with Crippen molar-refractivity contribution in [2.24, 2.45) is 0 Å². The van der Waals surface area contributed by atoms with Crippen molar-refractivity contribution in [2.75, 3.05) is 5.32 Å². The Morgan fingerprint density at radius 1 is 1.04 bits per heavy atom. The summed E-state index contributed by atoms with van der Waals surface area (Å²) in [6.07, 6.45) is 6.21. The Morgan fingerprint density at radius 3 is 2.31 bits per heavy atom. The van der Waals surface area contributed by atoms with E-state index in [2.05, 4.69) is 48.6 Å². The molecule has 1 fully saturated rings. The van der Waals surface area contributed by atoms with Gasteiger partial charge in [0.05, 0.1) is 0 Å². The molecule has 0 radical (unpaired) electrons. The van der Waals surface area contributed by atoms with Crippen LogP contribution in [0.15, 0.2) is 48.5 Å². The van der Waals surface area contributed by atoms with Crippen molar-refractivity contribution in [1.82, 2.24) is 0 Å². The Kier molecular flexibility index (Phi) is 6.26. The molecule has 3 atom stereocenters. The average molecular weight is 372 g/mol. The molecule has 2 aromatic carbocycles. The standard InChI is InChI=1S/C23H30ClNO/c1-3-17-8-14-22(15-9-17)25-23(26,4-2)20-12-10-18(11-13-20)19-6-5-7-21(24)16-19/h8-15,19,21,25-26H,3-7,16H2,1-2H3. The highest BCUT2D eigenvalue weighted by Gasteiger charge is 2.28. The van der Waals surface area contributed by atoms with E-state index in [4.69, 9.17) is 11.6 Å².